The van der Waals surface area contributed by atoms with E-state index in [1.165, 1.54) is 48.6 Å². The molecular formula is C31H22N2S. The molecule has 2 nitrogen and oxygen atoms in total. The van der Waals surface area contributed by atoms with Crippen molar-refractivity contribution in [2.24, 2.45) is 0 Å². The highest BCUT2D eigenvalue weighted by Crippen LogP contribution is 2.50. The van der Waals surface area contributed by atoms with E-state index in [1.54, 1.807) is 12.1 Å². The first-order valence-corrected chi connectivity index (χ1v) is 12.1. The van der Waals surface area contributed by atoms with Gasteiger partial charge in [-0.3, -0.25) is 4.98 Å². The zero-order chi connectivity index (χ0) is 25.3. The van der Waals surface area contributed by atoms with E-state index in [2.05, 4.69) is 84.0 Å². The van der Waals surface area contributed by atoms with Crippen LogP contribution in [0.5, 0.6) is 0 Å². The quantitative estimate of drug-likeness (QED) is 0.266. The molecule has 3 heteroatoms. The summed E-state index contributed by atoms with van der Waals surface area (Å²) >= 11 is 1.85. The molecule has 6 aromatic rings. The molecule has 0 saturated heterocycles. The Morgan fingerprint density at radius 3 is 2.53 bits per heavy atom. The Hall–Kier alpha value is -3.95. The molecule has 4 aromatic carbocycles. The summed E-state index contributed by atoms with van der Waals surface area (Å²) < 4.78 is 25.5. The molecule has 34 heavy (non-hydrogen) atoms. The van der Waals surface area contributed by atoms with Crippen LogP contribution in [0.25, 0.3) is 53.7 Å². The number of para-hydroxylation sites is 1. The molecule has 0 amide bonds. The van der Waals surface area contributed by atoms with E-state index in [-0.39, 0.29) is 5.56 Å². The first-order chi connectivity index (χ1) is 17.9. The van der Waals surface area contributed by atoms with Crippen molar-refractivity contribution in [1.82, 2.24) is 4.98 Å². The molecule has 2 aromatic heterocycles. The predicted molar refractivity (Wildman–Crippen MR) is 146 cm³/mol. The third-order valence-corrected chi connectivity index (χ3v) is 7.97. The lowest BCUT2D eigenvalue weighted by molar-refractivity contribution is 1.27. The number of rotatable bonds is 1. The summed E-state index contributed by atoms with van der Waals surface area (Å²) in [4.78, 5) is 4.50. The predicted octanol–water partition coefficient (Wildman–Crippen LogP) is 9.12. The van der Waals surface area contributed by atoms with Crippen LogP contribution >= 0.6 is 11.3 Å². The molecule has 0 spiro atoms. The Kier molecular flexibility index (Phi) is 3.56. The van der Waals surface area contributed by atoms with Gasteiger partial charge in [0.1, 0.15) is 0 Å². The minimum Gasteiger partial charge on any atom is -0.355 e. The Labute approximate surface area is 206 Å². The Balaban J connectivity index is 1.52. The van der Waals surface area contributed by atoms with E-state index in [9.17, 15) is 0 Å². The molecule has 7 rings (SSSR count). The molecule has 1 aliphatic heterocycles. The number of benzene rings is 4. The summed E-state index contributed by atoms with van der Waals surface area (Å²) in [5.41, 5.74) is 10.1. The maximum Gasteiger partial charge on any atom is 0.0702 e. The standard InChI is InChI=1S/C31H22N2S/c1-18-11-13-26(32-17-18)20-12-14-28-24(15-20)23-16-25-21-7-4-6-10-29(21)34-31(25)30(19(23)2)22-8-3-5-9-27(22)33-28/h3-17,33H,1-2H3/i1D3. The molecule has 0 radical (unpaired) electrons. The minimum atomic E-state index is -2.17. The van der Waals surface area contributed by atoms with E-state index in [4.69, 9.17) is 4.11 Å². The molecule has 0 fully saturated rings. The molecule has 1 aliphatic rings. The summed E-state index contributed by atoms with van der Waals surface area (Å²) in [7, 11) is 0. The Morgan fingerprint density at radius 2 is 1.65 bits per heavy atom. The lowest BCUT2D eigenvalue weighted by atomic mass is 9.87. The number of pyridine rings is 1. The van der Waals surface area contributed by atoms with Crippen molar-refractivity contribution in [3.05, 3.63) is 102 Å². The van der Waals surface area contributed by atoms with Crippen molar-refractivity contribution in [1.29, 1.82) is 0 Å². The van der Waals surface area contributed by atoms with Gasteiger partial charge in [-0.1, -0.05) is 48.5 Å². The van der Waals surface area contributed by atoms with Gasteiger partial charge in [0.2, 0.25) is 0 Å². The van der Waals surface area contributed by atoms with Crippen LogP contribution in [0.4, 0.5) is 11.4 Å². The molecule has 0 unspecified atom stereocenters. The van der Waals surface area contributed by atoms with Crippen molar-refractivity contribution in [2.45, 2.75) is 13.8 Å². The molecule has 0 saturated carbocycles. The van der Waals surface area contributed by atoms with Gasteiger partial charge in [-0.2, -0.15) is 0 Å². The fourth-order valence-corrected chi connectivity index (χ4v) is 6.41. The average molecular weight is 458 g/mol. The summed E-state index contributed by atoms with van der Waals surface area (Å²) in [6, 6.07) is 29.2. The lowest BCUT2D eigenvalue weighted by Gasteiger charge is -2.24. The summed E-state index contributed by atoms with van der Waals surface area (Å²) in [5.74, 6) is 0. The number of nitrogens with one attached hydrogen (secondary N) is 1. The van der Waals surface area contributed by atoms with Gasteiger partial charge in [-0.15, -0.1) is 11.3 Å². The monoisotopic (exact) mass is 457 g/mol. The van der Waals surface area contributed by atoms with E-state index >= 15 is 0 Å². The second-order valence-electron chi connectivity index (χ2n) is 8.76. The number of anilines is 2. The maximum atomic E-state index is 7.65. The third-order valence-electron chi connectivity index (χ3n) is 6.76. The number of thiophene rings is 1. The molecular weight excluding hydrogens is 432 g/mol. The largest absolute Gasteiger partial charge is 0.355 e. The van der Waals surface area contributed by atoms with Gasteiger partial charge >= 0.3 is 0 Å². The van der Waals surface area contributed by atoms with Gasteiger partial charge in [0, 0.05) is 64.1 Å². The molecule has 162 valence electrons. The van der Waals surface area contributed by atoms with Gasteiger partial charge in [0.25, 0.3) is 0 Å². The van der Waals surface area contributed by atoms with Gasteiger partial charge in [-0.05, 0) is 66.9 Å². The van der Waals surface area contributed by atoms with Crippen LogP contribution in [0.3, 0.4) is 0 Å². The van der Waals surface area contributed by atoms with Crippen molar-refractivity contribution in [3.63, 3.8) is 0 Å². The third kappa shape index (κ3) is 2.84. The number of hydrogen-bond acceptors (Lipinski definition) is 3. The first-order valence-electron chi connectivity index (χ1n) is 12.8. The zero-order valence-corrected chi connectivity index (χ0v) is 19.3. The van der Waals surface area contributed by atoms with E-state index in [1.807, 2.05) is 17.4 Å². The van der Waals surface area contributed by atoms with Crippen LogP contribution in [-0.2, 0) is 0 Å². The summed E-state index contributed by atoms with van der Waals surface area (Å²) in [6.07, 6.45) is 1.46. The molecule has 1 N–H and O–H groups in total. The second kappa shape index (κ2) is 7.28. The molecule has 0 aliphatic carbocycles. The zero-order valence-electron chi connectivity index (χ0n) is 21.5. The van der Waals surface area contributed by atoms with Crippen molar-refractivity contribution in [3.8, 4) is 33.5 Å². The fraction of sp³-hybridized carbons (Fsp3) is 0.0645. The Morgan fingerprint density at radius 1 is 0.794 bits per heavy atom. The van der Waals surface area contributed by atoms with E-state index in [0.717, 1.165) is 28.2 Å². The lowest BCUT2D eigenvalue weighted by Crippen LogP contribution is -2.02. The number of aromatic nitrogens is 1. The molecule has 3 heterocycles. The fourth-order valence-electron chi connectivity index (χ4n) is 5.11. The van der Waals surface area contributed by atoms with Crippen LogP contribution < -0.4 is 5.32 Å². The van der Waals surface area contributed by atoms with Crippen LogP contribution in [-0.4, -0.2) is 4.98 Å². The summed E-state index contributed by atoms with van der Waals surface area (Å²) in [6.45, 7) is 0.0531. The minimum absolute atomic E-state index is 0.246. The molecule has 2 bridgehead atoms. The van der Waals surface area contributed by atoms with Crippen LogP contribution in [0.1, 0.15) is 15.2 Å². The number of nitrogens with zero attached hydrogens (tertiary/aromatic N) is 1. The van der Waals surface area contributed by atoms with Crippen molar-refractivity contribution < 1.29 is 4.11 Å². The van der Waals surface area contributed by atoms with Crippen molar-refractivity contribution in [2.75, 3.05) is 5.32 Å². The number of fused-ring (bicyclic) bond motifs is 10. The summed E-state index contributed by atoms with van der Waals surface area (Å²) in [5, 5.41) is 6.24. The second-order valence-corrected chi connectivity index (χ2v) is 9.81. The maximum absolute atomic E-state index is 7.65. The highest BCUT2D eigenvalue weighted by atomic mass is 32.1. The van der Waals surface area contributed by atoms with Crippen LogP contribution in [0, 0.1) is 13.8 Å². The average Bonchev–Trinajstić information content (AvgIpc) is 3.27. The van der Waals surface area contributed by atoms with E-state index < -0.39 is 6.85 Å². The van der Waals surface area contributed by atoms with Gasteiger partial charge in [-0.25, -0.2) is 0 Å². The van der Waals surface area contributed by atoms with Crippen LogP contribution in [0.15, 0.2) is 91.1 Å². The van der Waals surface area contributed by atoms with E-state index in [0.29, 0.717) is 0 Å². The SMILES string of the molecule is [2H]C([2H])([2H])c1ccc(-c2ccc3c(c2)-c2cc4c(sc5ccccc54)c(c2C)-c2ccccc2N3)nc1. The number of hydrogen-bond donors (Lipinski definition) is 1. The van der Waals surface area contributed by atoms with Gasteiger partial charge in [0.15, 0.2) is 0 Å². The normalized spacial score (nSPS) is 13.7. The van der Waals surface area contributed by atoms with Crippen molar-refractivity contribution >= 4 is 42.9 Å². The topological polar surface area (TPSA) is 24.9 Å². The Bertz CT molecular complexity index is 1850. The highest BCUT2D eigenvalue weighted by Gasteiger charge is 2.23. The van der Waals surface area contributed by atoms with Crippen LogP contribution in [0.2, 0.25) is 0 Å². The first kappa shape index (κ1) is 16.6. The van der Waals surface area contributed by atoms with Gasteiger partial charge < -0.3 is 5.32 Å². The smallest absolute Gasteiger partial charge is 0.0702 e. The number of aryl methyl sites for hydroxylation is 1. The highest BCUT2D eigenvalue weighted by molar-refractivity contribution is 7.26. The van der Waals surface area contributed by atoms with Gasteiger partial charge in [0.05, 0.1) is 5.69 Å². The molecule has 0 atom stereocenters.